The predicted octanol–water partition coefficient (Wildman–Crippen LogP) is 2.36. The van der Waals surface area contributed by atoms with Gasteiger partial charge in [0.05, 0.1) is 0 Å². The molecule has 1 aromatic rings. The molecule has 1 atom stereocenters. The normalized spacial score (nSPS) is 12.4. The van der Waals surface area contributed by atoms with Gasteiger partial charge in [-0.15, -0.1) is 0 Å². The summed E-state index contributed by atoms with van der Waals surface area (Å²) in [5, 5.41) is 7.52. The molecule has 0 aliphatic carbocycles. The number of rotatable bonds is 8. The number of methoxy groups -OCH3 is 1. The fourth-order valence-corrected chi connectivity index (χ4v) is 2.21. The van der Waals surface area contributed by atoms with Crippen LogP contribution in [0.2, 0.25) is 0 Å². The zero-order valence-electron chi connectivity index (χ0n) is 10.7. The summed E-state index contributed by atoms with van der Waals surface area (Å²) >= 11 is 3.41. The number of amides is 1. The van der Waals surface area contributed by atoms with Crippen molar-refractivity contribution in [3.63, 3.8) is 0 Å². The van der Waals surface area contributed by atoms with Crippen LogP contribution in [0.4, 0.5) is 0 Å². The lowest BCUT2D eigenvalue weighted by atomic mass is 10.0. The number of hydrogen-bond acceptors (Lipinski definition) is 4. The molecule has 0 aliphatic heterocycles. The molecular formula is C12H19BrN2O3. The highest BCUT2D eigenvalue weighted by molar-refractivity contribution is 9.09. The lowest BCUT2D eigenvalue weighted by molar-refractivity contribution is 0.0936. The summed E-state index contributed by atoms with van der Waals surface area (Å²) in [4.78, 5) is 11.8. The first kappa shape index (κ1) is 15.2. The molecule has 0 fully saturated rings. The van der Waals surface area contributed by atoms with Crippen LogP contribution >= 0.6 is 15.9 Å². The molecule has 0 aliphatic rings. The van der Waals surface area contributed by atoms with Crippen LogP contribution in [0.5, 0.6) is 0 Å². The van der Waals surface area contributed by atoms with Crippen molar-refractivity contribution in [2.24, 2.45) is 5.92 Å². The second-order valence-corrected chi connectivity index (χ2v) is 4.87. The van der Waals surface area contributed by atoms with Gasteiger partial charge in [-0.25, -0.2) is 0 Å². The van der Waals surface area contributed by atoms with Gasteiger partial charge < -0.3 is 14.6 Å². The Labute approximate surface area is 115 Å². The average Bonchev–Trinajstić information content (AvgIpc) is 2.83. The fourth-order valence-electron chi connectivity index (χ4n) is 1.56. The zero-order valence-corrected chi connectivity index (χ0v) is 12.3. The molecule has 1 aromatic heterocycles. The largest absolute Gasteiger partial charge is 0.377 e. The molecule has 1 N–H and O–H groups in total. The molecule has 18 heavy (non-hydrogen) atoms. The van der Waals surface area contributed by atoms with E-state index in [2.05, 4.69) is 33.3 Å². The number of carbonyl (C=O) groups excluding carboxylic acids is 1. The van der Waals surface area contributed by atoms with Crippen molar-refractivity contribution in [2.75, 3.05) is 19.0 Å². The molecule has 1 unspecified atom stereocenters. The van der Waals surface area contributed by atoms with E-state index in [9.17, 15) is 4.79 Å². The number of hydrogen-bond donors (Lipinski definition) is 1. The molecule has 0 spiro atoms. The second kappa shape index (κ2) is 8.26. The Morgan fingerprint density at radius 1 is 1.67 bits per heavy atom. The summed E-state index contributed by atoms with van der Waals surface area (Å²) in [5.41, 5.74) is 0.302. The third-order valence-corrected chi connectivity index (χ3v) is 3.18. The van der Waals surface area contributed by atoms with Crippen LogP contribution in [0.25, 0.3) is 0 Å². The summed E-state index contributed by atoms with van der Waals surface area (Å²) in [5.74, 6) is 0.836. The number of carbonyl (C=O) groups is 1. The predicted molar refractivity (Wildman–Crippen MR) is 71.7 cm³/mol. The first-order valence-corrected chi connectivity index (χ1v) is 7.12. The molecule has 0 saturated heterocycles. The molecule has 0 aromatic carbocycles. The highest BCUT2D eigenvalue weighted by Crippen LogP contribution is 2.09. The highest BCUT2D eigenvalue weighted by atomic mass is 79.9. The van der Waals surface area contributed by atoms with Crippen molar-refractivity contribution in [1.82, 2.24) is 10.5 Å². The van der Waals surface area contributed by atoms with Crippen LogP contribution in [-0.4, -0.2) is 30.0 Å². The van der Waals surface area contributed by atoms with Gasteiger partial charge in [0.15, 0.2) is 11.5 Å². The van der Waals surface area contributed by atoms with E-state index in [1.165, 1.54) is 0 Å². The third-order valence-electron chi connectivity index (χ3n) is 2.72. The van der Waals surface area contributed by atoms with Gasteiger partial charge in [-0.3, -0.25) is 4.79 Å². The standard InChI is InChI=1S/C12H19BrN2O3/c1-3-9(4-5-13)7-14-12(16)11-6-10(8-17-2)18-15-11/h6,9H,3-5,7-8H2,1-2H3,(H,14,16). The lowest BCUT2D eigenvalue weighted by Crippen LogP contribution is -2.29. The topological polar surface area (TPSA) is 64.4 Å². The molecule has 1 amide bonds. The van der Waals surface area contributed by atoms with E-state index in [1.54, 1.807) is 13.2 Å². The van der Waals surface area contributed by atoms with Crippen molar-refractivity contribution >= 4 is 21.8 Å². The number of alkyl halides is 1. The van der Waals surface area contributed by atoms with E-state index < -0.39 is 0 Å². The van der Waals surface area contributed by atoms with Crippen molar-refractivity contribution in [3.05, 3.63) is 17.5 Å². The van der Waals surface area contributed by atoms with Gasteiger partial charge in [0.1, 0.15) is 6.61 Å². The van der Waals surface area contributed by atoms with Crippen LogP contribution in [-0.2, 0) is 11.3 Å². The Morgan fingerprint density at radius 3 is 3.06 bits per heavy atom. The summed E-state index contributed by atoms with van der Waals surface area (Å²) in [6, 6.07) is 1.60. The molecule has 1 heterocycles. The van der Waals surface area contributed by atoms with Crippen molar-refractivity contribution in [3.8, 4) is 0 Å². The van der Waals surface area contributed by atoms with Crippen molar-refractivity contribution in [2.45, 2.75) is 26.4 Å². The van der Waals surface area contributed by atoms with Crippen LogP contribution in [0.3, 0.4) is 0 Å². The Balaban J connectivity index is 2.43. The van der Waals surface area contributed by atoms with Crippen LogP contribution < -0.4 is 5.32 Å². The van der Waals surface area contributed by atoms with Gasteiger partial charge in [-0.1, -0.05) is 34.4 Å². The summed E-state index contributed by atoms with van der Waals surface area (Å²) in [6.45, 7) is 3.10. The molecule has 0 saturated carbocycles. The molecule has 0 bridgehead atoms. The molecule has 6 heteroatoms. The highest BCUT2D eigenvalue weighted by Gasteiger charge is 2.14. The number of aromatic nitrogens is 1. The quantitative estimate of drug-likeness (QED) is 0.747. The molecular weight excluding hydrogens is 300 g/mol. The second-order valence-electron chi connectivity index (χ2n) is 4.07. The van der Waals surface area contributed by atoms with Gasteiger partial charge >= 0.3 is 0 Å². The summed E-state index contributed by atoms with van der Waals surface area (Å²) in [6.07, 6.45) is 2.09. The third kappa shape index (κ3) is 4.78. The van der Waals surface area contributed by atoms with E-state index in [4.69, 9.17) is 9.26 Å². The average molecular weight is 319 g/mol. The monoisotopic (exact) mass is 318 g/mol. The molecule has 0 radical (unpaired) electrons. The van der Waals surface area contributed by atoms with Gasteiger partial charge in [-0.05, 0) is 12.3 Å². The van der Waals surface area contributed by atoms with E-state index in [1.807, 2.05) is 0 Å². The van der Waals surface area contributed by atoms with E-state index in [-0.39, 0.29) is 5.91 Å². The van der Waals surface area contributed by atoms with Gasteiger partial charge in [-0.2, -0.15) is 0 Å². The SMILES string of the molecule is CCC(CCBr)CNC(=O)c1cc(COC)on1. The summed E-state index contributed by atoms with van der Waals surface area (Å²) < 4.78 is 9.86. The maximum absolute atomic E-state index is 11.8. The van der Waals surface area contributed by atoms with Crippen LogP contribution in [0, 0.1) is 5.92 Å². The minimum atomic E-state index is -0.200. The van der Waals surface area contributed by atoms with Crippen LogP contribution in [0.15, 0.2) is 10.6 Å². The van der Waals surface area contributed by atoms with Crippen LogP contribution in [0.1, 0.15) is 36.0 Å². The van der Waals surface area contributed by atoms with E-state index in [0.717, 1.165) is 18.2 Å². The number of halogens is 1. The van der Waals surface area contributed by atoms with Gasteiger partial charge in [0, 0.05) is 25.1 Å². The maximum atomic E-state index is 11.8. The smallest absolute Gasteiger partial charge is 0.273 e. The first-order chi connectivity index (χ1) is 8.71. The van der Waals surface area contributed by atoms with E-state index in [0.29, 0.717) is 30.5 Å². The Kier molecular flexibility index (Phi) is 6.97. The number of nitrogens with zero attached hydrogens (tertiary/aromatic N) is 1. The molecule has 5 nitrogen and oxygen atoms in total. The number of ether oxygens (including phenoxy) is 1. The molecule has 1 rings (SSSR count). The van der Waals surface area contributed by atoms with E-state index >= 15 is 0 Å². The number of nitrogens with one attached hydrogen (secondary N) is 1. The Hall–Kier alpha value is -0.880. The van der Waals surface area contributed by atoms with Gasteiger partial charge in [0.2, 0.25) is 0 Å². The molecule has 102 valence electrons. The Morgan fingerprint density at radius 2 is 2.44 bits per heavy atom. The first-order valence-electron chi connectivity index (χ1n) is 5.99. The lowest BCUT2D eigenvalue weighted by Gasteiger charge is -2.13. The summed E-state index contributed by atoms with van der Waals surface area (Å²) in [7, 11) is 1.56. The minimum Gasteiger partial charge on any atom is -0.377 e. The maximum Gasteiger partial charge on any atom is 0.273 e. The fraction of sp³-hybridized carbons (Fsp3) is 0.667. The minimum absolute atomic E-state index is 0.200. The van der Waals surface area contributed by atoms with Gasteiger partial charge in [0.25, 0.3) is 5.91 Å². The Bertz CT molecular complexity index is 368. The van der Waals surface area contributed by atoms with Crippen molar-refractivity contribution in [1.29, 1.82) is 0 Å². The zero-order chi connectivity index (χ0) is 13.4. The van der Waals surface area contributed by atoms with Crippen molar-refractivity contribution < 1.29 is 14.1 Å².